The first-order valence-corrected chi connectivity index (χ1v) is 7.64. The van der Waals surface area contributed by atoms with Crippen molar-refractivity contribution in [2.24, 2.45) is 34.3 Å². The number of nitrogens with one attached hydrogen (secondary N) is 1. The molecule has 0 spiro atoms. The molecule has 0 radical (unpaired) electrons. The average molecular weight is 254 g/mol. The van der Waals surface area contributed by atoms with Crippen LogP contribution in [-0.4, -0.2) is 19.6 Å². The van der Waals surface area contributed by atoms with E-state index in [1.807, 2.05) is 0 Å². The van der Waals surface area contributed by atoms with Crippen LogP contribution in [-0.2, 0) is 0 Å². The molecule has 0 aliphatic heterocycles. The largest absolute Gasteiger partial charge is 0.330 e. The first kappa shape index (κ1) is 16.0. The predicted molar refractivity (Wildman–Crippen MR) is 80.5 cm³/mol. The van der Waals surface area contributed by atoms with Crippen molar-refractivity contribution >= 4 is 0 Å². The van der Waals surface area contributed by atoms with Crippen LogP contribution in [0.4, 0.5) is 0 Å². The van der Waals surface area contributed by atoms with Crippen LogP contribution in [0.5, 0.6) is 0 Å². The first-order valence-electron chi connectivity index (χ1n) is 7.64. The van der Waals surface area contributed by atoms with Crippen molar-refractivity contribution in [1.29, 1.82) is 0 Å². The van der Waals surface area contributed by atoms with Gasteiger partial charge in [-0.1, -0.05) is 41.5 Å². The zero-order valence-corrected chi connectivity index (χ0v) is 13.3. The Bertz CT molecular complexity index is 242. The zero-order valence-electron chi connectivity index (χ0n) is 13.3. The predicted octanol–water partition coefficient (Wildman–Crippen LogP) is 3.27. The van der Waals surface area contributed by atoms with E-state index in [-0.39, 0.29) is 0 Å². The Hall–Kier alpha value is -0.0800. The van der Waals surface area contributed by atoms with E-state index in [9.17, 15) is 0 Å². The van der Waals surface area contributed by atoms with E-state index in [0.717, 1.165) is 24.9 Å². The molecule has 18 heavy (non-hydrogen) atoms. The molecule has 108 valence electrons. The number of hydrogen-bond acceptors (Lipinski definition) is 2. The third-order valence-electron chi connectivity index (χ3n) is 5.54. The van der Waals surface area contributed by atoms with Gasteiger partial charge in [0.15, 0.2) is 0 Å². The van der Waals surface area contributed by atoms with E-state index in [4.69, 9.17) is 5.73 Å². The van der Waals surface area contributed by atoms with Gasteiger partial charge < -0.3 is 11.1 Å². The Labute approximate surface area is 114 Å². The van der Waals surface area contributed by atoms with Crippen molar-refractivity contribution < 1.29 is 0 Å². The standard InChI is InChI=1S/C16H34N2/c1-12(2)9-13(10-17)7-8-18-11-14-15(3,4)16(14,5)6/h12-14,18H,7-11,17H2,1-6H3. The van der Waals surface area contributed by atoms with Gasteiger partial charge in [0.25, 0.3) is 0 Å². The lowest BCUT2D eigenvalue weighted by Crippen LogP contribution is -2.25. The molecule has 1 unspecified atom stereocenters. The van der Waals surface area contributed by atoms with E-state index in [1.54, 1.807) is 0 Å². The number of nitrogens with two attached hydrogens (primary N) is 1. The van der Waals surface area contributed by atoms with Crippen molar-refractivity contribution in [1.82, 2.24) is 5.32 Å². The van der Waals surface area contributed by atoms with Crippen LogP contribution < -0.4 is 11.1 Å². The molecule has 3 N–H and O–H groups in total. The van der Waals surface area contributed by atoms with Crippen LogP contribution in [0.25, 0.3) is 0 Å². The van der Waals surface area contributed by atoms with E-state index in [1.165, 1.54) is 19.4 Å². The van der Waals surface area contributed by atoms with Gasteiger partial charge in [0.1, 0.15) is 0 Å². The lowest BCUT2D eigenvalue weighted by Gasteiger charge is -2.17. The number of hydrogen-bond donors (Lipinski definition) is 2. The topological polar surface area (TPSA) is 38.0 Å². The molecule has 0 aromatic rings. The quantitative estimate of drug-likeness (QED) is 0.652. The van der Waals surface area contributed by atoms with Gasteiger partial charge >= 0.3 is 0 Å². The van der Waals surface area contributed by atoms with Gasteiger partial charge in [-0.05, 0) is 61.1 Å². The third kappa shape index (κ3) is 3.48. The summed E-state index contributed by atoms with van der Waals surface area (Å²) in [4.78, 5) is 0. The third-order valence-corrected chi connectivity index (χ3v) is 5.54. The molecule has 2 nitrogen and oxygen atoms in total. The summed E-state index contributed by atoms with van der Waals surface area (Å²) in [6.07, 6.45) is 2.49. The van der Waals surface area contributed by atoms with Gasteiger partial charge in [0, 0.05) is 0 Å². The Morgan fingerprint density at radius 1 is 1.11 bits per heavy atom. The number of rotatable bonds is 8. The first-order chi connectivity index (χ1) is 8.23. The summed E-state index contributed by atoms with van der Waals surface area (Å²) < 4.78 is 0. The molecule has 1 saturated carbocycles. The van der Waals surface area contributed by atoms with E-state index < -0.39 is 0 Å². The highest BCUT2D eigenvalue weighted by atomic mass is 14.9. The maximum absolute atomic E-state index is 5.83. The minimum absolute atomic E-state index is 0.505. The summed E-state index contributed by atoms with van der Waals surface area (Å²) in [5, 5.41) is 3.64. The lowest BCUT2D eigenvalue weighted by atomic mass is 9.94. The Morgan fingerprint density at radius 3 is 2.06 bits per heavy atom. The van der Waals surface area contributed by atoms with Gasteiger partial charge in [0.2, 0.25) is 0 Å². The molecule has 0 aromatic carbocycles. The summed E-state index contributed by atoms with van der Waals surface area (Å²) in [5.74, 6) is 2.28. The highest BCUT2D eigenvalue weighted by Crippen LogP contribution is 2.67. The monoisotopic (exact) mass is 254 g/mol. The minimum atomic E-state index is 0.505. The SMILES string of the molecule is CC(C)CC(CN)CCNCC1C(C)(C)C1(C)C. The second kappa shape index (κ2) is 5.92. The second-order valence-corrected chi connectivity index (χ2v) is 7.72. The zero-order chi connectivity index (χ0) is 14.0. The van der Waals surface area contributed by atoms with Crippen LogP contribution in [0.3, 0.4) is 0 Å². The van der Waals surface area contributed by atoms with E-state index in [2.05, 4.69) is 46.9 Å². The molecular formula is C16H34N2. The van der Waals surface area contributed by atoms with Crippen molar-refractivity contribution in [3.05, 3.63) is 0 Å². The molecule has 0 bridgehead atoms. The minimum Gasteiger partial charge on any atom is -0.330 e. The van der Waals surface area contributed by atoms with Crippen molar-refractivity contribution in [3.8, 4) is 0 Å². The van der Waals surface area contributed by atoms with Crippen LogP contribution in [0.1, 0.15) is 54.4 Å². The maximum atomic E-state index is 5.83. The van der Waals surface area contributed by atoms with E-state index >= 15 is 0 Å². The van der Waals surface area contributed by atoms with Crippen LogP contribution in [0.15, 0.2) is 0 Å². The molecular weight excluding hydrogens is 220 g/mol. The second-order valence-electron chi connectivity index (χ2n) is 7.72. The van der Waals surface area contributed by atoms with Gasteiger partial charge in [-0.3, -0.25) is 0 Å². The van der Waals surface area contributed by atoms with Gasteiger partial charge in [-0.25, -0.2) is 0 Å². The molecule has 1 aliphatic carbocycles. The van der Waals surface area contributed by atoms with Gasteiger partial charge in [-0.2, -0.15) is 0 Å². The molecule has 1 rings (SSSR count). The Morgan fingerprint density at radius 2 is 1.67 bits per heavy atom. The molecule has 2 heteroatoms. The van der Waals surface area contributed by atoms with Crippen LogP contribution in [0, 0.1) is 28.6 Å². The fourth-order valence-electron chi connectivity index (χ4n) is 3.39. The molecule has 1 aliphatic rings. The fourth-order valence-corrected chi connectivity index (χ4v) is 3.39. The molecule has 1 atom stereocenters. The Balaban J connectivity index is 2.16. The van der Waals surface area contributed by atoms with Crippen molar-refractivity contribution in [3.63, 3.8) is 0 Å². The molecule has 0 saturated heterocycles. The van der Waals surface area contributed by atoms with Crippen molar-refractivity contribution in [2.45, 2.75) is 54.4 Å². The normalized spacial score (nSPS) is 23.3. The summed E-state index contributed by atoms with van der Waals surface area (Å²) in [6, 6.07) is 0. The highest BCUT2D eigenvalue weighted by molar-refractivity contribution is 5.12. The maximum Gasteiger partial charge on any atom is -0.000989 e. The molecule has 0 amide bonds. The summed E-state index contributed by atoms with van der Waals surface area (Å²) >= 11 is 0. The summed E-state index contributed by atoms with van der Waals surface area (Å²) in [5.41, 5.74) is 6.84. The van der Waals surface area contributed by atoms with Crippen LogP contribution in [0.2, 0.25) is 0 Å². The van der Waals surface area contributed by atoms with Crippen molar-refractivity contribution in [2.75, 3.05) is 19.6 Å². The average Bonchev–Trinajstić information content (AvgIpc) is 2.63. The highest BCUT2D eigenvalue weighted by Gasteiger charge is 2.63. The smallest absolute Gasteiger partial charge is 0.000989 e. The van der Waals surface area contributed by atoms with Gasteiger partial charge in [-0.15, -0.1) is 0 Å². The van der Waals surface area contributed by atoms with E-state index in [0.29, 0.717) is 16.7 Å². The Kier molecular flexibility index (Phi) is 5.25. The molecule has 0 aromatic heterocycles. The summed E-state index contributed by atoms with van der Waals surface area (Å²) in [6.45, 7) is 17.2. The summed E-state index contributed by atoms with van der Waals surface area (Å²) in [7, 11) is 0. The van der Waals surface area contributed by atoms with Crippen LogP contribution >= 0.6 is 0 Å². The lowest BCUT2D eigenvalue weighted by molar-refractivity contribution is 0.381. The fraction of sp³-hybridized carbons (Fsp3) is 1.00. The van der Waals surface area contributed by atoms with Gasteiger partial charge in [0.05, 0.1) is 0 Å². The molecule has 1 fully saturated rings. The molecule has 0 heterocycles.